The highest BCUT2D eigenvalue weighted by molar-refractivity contribution is 5.80. The number of rotatable bonds is 1. The molecule has 0 aromatic heterocycles. The zero-order valence-electron chi connectivity index (χ0n) is 12.5. The maximum Gasteiger partial charge on any atom is 0.142 e. The van der Waals surface area contributed by atoms with Gasteiger partial charge in [-0.05, 0) is 37.6 Å². The van der Waals surface area contributed by atoms with Gasteiger partial charge in [-0.3, -0.25) is 0 Å². The summed E-state index contributed by atoms with van der Waals surface area (Å²) in [6, 6.07) is 15.9. The molecule has 1 aliphatic heterocycles. The molecule has 1 aliphatic rings. The Morgan fingerprint density at radius 3 is 2.64 bits per heavy atom. The third kappa shape index (κ3) is 3.12. The van der Waals surface area contributed by atoms with Crippen LogP contribution in [0.2, 0.25) is 0 Å². The first-order chi connectivity index (χ1) is 10.8. The van der Waals surface area contributed by atoms with Crippen molar-refractivity contribution in [3.63, 3.8) is 0 Å². The maximum absolute atomic E-state index is 11.1. The number of fused-ring (bicyclic) bond motifs is 1. The average Bonchev–Trinajstić information content (AvgIpc) is 2.71. The summed E-state index contributed by atoms with van der Waals surface area (Å²) in [7, 11) is 0. The van der Waals surface area contributed by atoms with E-state index in [4.69, 9.17) is 0 Å². The molecule has 1 unspecified atom stereocenters. The first-order valence-electron chi connectivity index (χ1n) is 7.44. The van der Waals surface area contributed by atoms with Crippen molar-refractivity contribution in [2.24, 2.45) is 0 Å². The van der Waals surface area contributed by atoms with Crippen LogP contribution < -0.4 is 10.6 Å². The van der Waals surface area contributed by atoms with Crippen LogP contribution in [0.1, 0.15) is 24.5 Å². The quantitative estimate of drug-likeness (QED) is 0.625. The second kappa shape index (κ2) is 6.36. The van der Waals surface area contributed by atoms with Crippen molar-refractivity contribution < 1.29 is 4.79 Å². The van der Waals surface area contributed by atoms with Gasteiger partial charge in [0, 0.05) is 11.6 Å². The lowest BCUT2D eigenvalue weighted by Gasteiger charge is -2.14. The van der Waals surface area contributed by atoms with Crippen molar-refractivity contribution >= 4 is 17.7 Å². The number of aldehydes is 1. The number of nitrogens with one attached hydrogen (secondary N) is 2. The highest BCUT2D eigenvalue weighted by atomic mass is 16.1. The summed E-state index contributed by atoms with van der Waals surface area (Å²) in [6.45, 7) is 2.08. The Kier molecular flexibility index (Phi) is 4.11. The Morgan fingerprint density at radius 2 is 1.86 bits per heavy atom. The molecule has 0 amide bonds. The molecule has 3 rings (SSSR count). The van der Waals surface area contributed by atoms with Crippen LogP contribution in [0.5, 0.6) is 0 Å². The lowest BCUT2D eigenvalue weighted by molar-refractivity contribution is -0.108. The van der Waals surface area contributed by atoms with Crippen LogP contribution in [0.25, 0.3) is 0 Å². The van der Waals surface area contributed by atoms with Crippen molar-refractivity contribution in [3.8, 4) is 11.8 Å². The van der Waals surface area contributed by atoms with E-state index in [1.807, 2.05) is 48.5 Å². The molecular weight excluding hydrogens is 272 g/mol. The lowest BCUT2D eigenvalue weighted by Crippen LogP contribution is -2.25. The van der Waals surface area contributed by atoms with Crippen LogP contribution in [-0.4, -0.2) is 18.4 Å². The first kappa shape index (κ1) is 14.2. The summed E-state index contributed by atoms with van der Waals surface area (Å²) < 4.78 is 0. The van der Waals surface area contributed by atoms with Crippen LogP contribution in [0.4, 0.5) is 11.4 Å². The molecule has 2 atom stereocenters. The number of para-hydroxylation sites is 1. The zero-order valence-corrected chi connectivity index (χ0v) is 12.5. The van der Waals surface area contributed by atoms with Crippen LogP contribution in [0, 0.1) is 11.8 Å². The van der Waals surface area contributed by atoms with E-state index < -0.39 is 0 Å². The van der Waals surface area contributed by atoms with E-state index in [9.17, 15) is 4.79 Å². The van der Waals surface area contributed by atoms with Gasteiger partial charge in [-0.15, -0.1) is 0 Å². The highest BCUT2D eigenvalue weighted by Gasteiger charge is 2.20. The van der Waals surface area contributed by atoms with Gasteiger partial charge >= 0.3 is 0 Å². The topological polar surface area (TPSA) is 41.1 Å². The Labute approximate surface area is 130 Å². The molecule has 0 radical (unpaired) electrons. The first-order valence-corrected chi connectivity index (χ1v) is 7.44. The van der Waals surface area contributed by atoms with Crippen molar-refractivity contribution in [1.29, 1.82) is 0 Å². The standard InChI is InChI=1S/C19H18N2O/c1-14-12-17(13-22)21-18-9-5-8-16(19(18)20-14)11-10-15-6-3-2-4-7-15/h2-9,13-14,17,20-21H,12H2,1H3/t14-,17?/m1/s1. The third-order valence-corrected chi connectivity index (χ3v) is 3.68. The molecule has 0 aliphatic carbocycles. The second-order valence-corrected chi connectivity index (χ2v) is 5.51. The molecule has 2 aromatic rings. The smallest absolute Gasteiger partial charge is 0.142 e. The number of hydrogen-bond donors (Lipinski definition) is 2. The number of anilines is 2. The summed E-state index contributed by atoms with van der Waals surface area (Å²) in [5.74, 6) is 6.41. The fraction of sp³-hybridized carbons (Fsp3) is 0.211. The molecule has 1 heterocycles. The third-order valence-electron chi connectivity index (χ3n) is 3.68. The maximum atomic E-state index is 11.1. The number of hydrogen-bond acceptors (Lipinski definition) is 3. The Balaban J connectivity index is 1.98. The van der Waals surface area contributed by atoms with Gasteiger partial charge in [-0.25, -0.2) is 0 Å². The summed E-state index contributed by atoms with van der Waals surface area (Å²) in [5, 5.41) is 6.75. The Hall–Kier alpha value is -2.73. The molecule has 110 valence electrons. The van der Waals surface area contributed by atoms with Crippen LogP contribution in [0.3, 0.4) is 0 Å². The number of carbonyl (C=O) groups is 1. The van der Waals surface area contributed by atoms with Crippen LogP contribution in [0.15, 0.2) is 48.5 Å². The summed E-state index contributed by atoms with van der Waals surface area (Å²) in [6.07, 6.45) is 1.72. The summed E-state index contributed by atoms with van der Waals surface area (Å²) >= 11 is 0. The molecule has 3 nitrogen and oxygen atoms in total. The van der Waals surface area contributed by atoms with Gasteiger partial charge in [0.1, 0.15) is 6.29 Å². The van der Waals surface area contributed by atoms with Gasteiger partial charge < -0.3 is 15.4 Å². The molecule has 2 aromatic carbocycles. The van der Waals surface area contributed by atoms with E-state index in [1.165, 1.54) is 0 Å². The van der Waals surface area contributed by atoms with Gasteiger partial charge in [0.25, 0.3) is 0 Å². The molecule has 0 saturated carbocycles. The minimum absolute atomic E-state index is 0.166. The molecule has 22 heavy (non-hydrogen) atoms. The van der Waals surface area contributed by atoms with E-state index in [0.717, 1.165) is 35.2 Å². The van der Waals surface area contributed by atoms with Crippen molar-refractivity contribution in [2.75, 3.05) is 10.6 Å². The molecule has 3 heteroatoms. The Bertz CT molecular complexity index is 728. The predicted octanol–water partition coefficient (Wildman–Crippen LogP) is 3.27. The van der Waals surface area contributed by atoms with Gasteiger partial charge in [0.05, 0.1) is 23.0 Å². The van der Waals surface area contributed by atoms with E-state index >= 15 is 0 Å². The van der Waals surface area contributed by atoms with Gasteiger partial charge in [0.2, 0.25) is 0 Å². The lowest BCUT2D eigenvalue weighted by atomic mass is 10.1. The molecule has 0 spiro atoms. The van der Waals surface area contributed by atoms with Crippen molar-refractivity contribution in [1.82, 2.24) is 0 Å². The normalized spacial score (nSPS) is 19.5. The monoisotopic (exact) mass is 290 g/mol. The Morgan fingerprint density at radius 1 is 1.05 bits per heavy atom. The minimum Gasteiger partial charge on any atom is -0.380 e. The molecule has 0 bridgehead atoms. The molecule has 0 saturated heterocycles. The fourth-order valence-electron chi connectivity index (χ4n) is 2.63. The summed E-state index contributed by atoms with van der Waals surface area (Å²) in [4.78, 5) is 11.1. The molecular formula is C19H18N2O. The molecule has 0 fully saturated rings. The predicted molar refractivity (Wildman–Crippen MR) is 90.0 cm³/mol. The fourth-order valence-corrected chi connectivity index (χ4v) is 2.63. The zero-order chi connectivity index (χ0) is 15.4. The number of carbonyl (C=O) groups excluding carboxylic acids is 1. The van der Waals surface area contributed by atoms with E-state index in [-0.39, 0.29) is 12.1 Å². The highest BCUT2D eigenvalue weighted by Crippen LogP contribution is 2.30. The number of benzene rings is 2. The van der Waals surface area contributed by atoms with Gasteiger partial charge in [-0.2, -0.15) is 0 Å². The van der Waals surface area contributed by atoms with Gasteiger partial charge in [-0.1, -0.05) is 36.1 Å². The minimum atomic E-state index is -0.166. The van der Waals surface area contributed by atoms with Crippen molar-refractivity contribution in [3.05, 3.63) is 59.7 Å². The van der Waals surface area contributed by atoms with Crippen LogP contribution >= 0.6 is 0 Å². The van der Waals surface area contributed by atoms with E-state index in [0.29, 0.717) is 0 Å². The SMILES string of the molecule is C[C@@H]1CC(C=O)Nc2cccc(C#Cc3ccccc3)c2N1. The summed E-state index contributed by atoms with van der Waals surface area (Å²) in [5.41, 5.74) is 3.83. The van der Waals surface area contributed by atoms with Crippen LogP contribution in [-0.2, 0) is 4.79 Å². The molecule has 2 N–H and O–H groups in total. The van der Waals surface area contributed by atoms with Gasteiger partial charge in [0.15, 0.2) is 0 Å². The van der Waals surface area contributed by atoms with E-state index in [2.05, 4.69) is 29.4 Å². The largest absolute Gasteiger partial charge is 0.380 e. The van der Waals surface area contributed by atoms with E-state index in [1.54, 1.807) is 0 Å². The van der Waals surface area contributed by atoms with Crippen molar-refractivity contribution in [2.45, 2.75) is 25.4 Å². The second-order valence-electron chi connectivity index (χ2n) is 5.51. The average molecular weight is 290 g/mol.